The lowest BCUT2D eigenvalue weighted by Crippen LogP contribution is -2.47. The molecule has 1 amide bonds. The number of aliphatic imine (C=N–C) groups is 1. The molecule has 3 N–H and O–H groups in total. The van der Waals surface area contributed by atoms with Crippen LogP contribution in [-0.4, -0.2) is 51.2 Å². The normalized spacial score (nSPS) is 17.4. The van der Waals surface area contributed by atoms with Crippen LogP contribution in [0.4, 0.5) is 0 Å². The van der Waals surface area contributed by atoms with Crippen molar-refractivity contribution in [2.45, 2.75) is 46.6 Å². The highest BCUT2D eigenvalue weighted by Gasteiger charge is 2.23. The Hall–Kier alpha value is -2.90. The largest absolute Gasteiger partial charge is 0.370 e. The van der Waals surface area contributed by atoms with Crippen LogP contribution in [0.1, 0.15) is 43.1 Å². The van der Waals surface area contributed by atoms with E-state index in [4.69, 9.17) is 10.7 Å². The van der Waals surface area contributed by atoms with Crippen molar-refractivity contribution in [3.8, 4) is 5.82 Å². The van der Waals surface area contributed by atoms with Gasteiger partial charge < -0.3 is 16.0 Å². The number of hydrogen-bond acceptors (Lipinski definition) is 4. The predicted octanol–water partition coefficient (Wildman–Crippen LogP) is 1.94. The molecule has 3 heterocycles. The van der Waals surface area contributed by atoms with Crippen molar-refractivity contribution in [3.63, 3.8) is 0 Å². The van der Waals surface area contributed by atoms with E-state index in [9.17, 15) is 4.79 Å². The molecule has 1 aliphatic heterocycles. The second-order valence-electron chi connectivity index (χ2n) is 7.66. The van der Waals surface area contributed by atoms with Gasteiger partial charge in [-0.3, -0.25) is 4.79 Å². The third-order valence-corrected chi connectivity index (χ3v) is 5.09. The van der Waals surface area contributed by atoms with Crippen molar-refractivity contribution in [3.05, 3.63) is 41.3 Å². The molecule has 1 saturated heterocycles. The number of hydrogen-bond donors (Lipinski definition) is 2. The molecule has 3 rings (SSSR count). The van der Waals surface area contributed by atoms with Crippen LogP contribution < -0.4 is 11.1 Å². The standard InChI is InChI=1S/C21H31N7O/c1-4-23-21(27-9-5-6-17(14-27)11-19(22)29)25-13-18-7-8-20(24-12-18)28-16(3)10-15(2)26-28/h7-8,10,12,17H,4-6,9,11,13-14H2,1-3H3,(H2,22,29)(H,23,25). The van der Waals surface area contributed by atoms with Crippen LogP contribution in [0.5, 0.6) is 0 Å². The molecule has 0 radical (unpaired) electrons. The van der Waals surface area contributed by atoms with Crippen LogP contribution in [0.25, 0.3) is 5.82 Å². The van der Waals surface area contributed by atoms with Crippen LogP contribution in [0.2, 0.25) is 0 Å². The highest BCUT2D eigenvalue weighted by molar-refractivity contribution is 5.80. The number of aryl methyl sites for hydroxylation is 2. The van der Waals surface area contributed by atoms with Gasteiger partial charge in [0.1, 0.15) is 0 Å². The van der Waals surface area contributed by atoms with Gasteiger partial charge in [-0.1, -0.05) is 6.07 Å². The molecule has 0 bridgehead atoms. The molecule has 0 spiro atoms. The van der Waals surface area contributed by atoms with Gasteiger partial charge in [0, 0.05) is 37.9 Å². The Balaban J connectivity index is 1.68. The van der Waals surface area contributed by atoms with Crippen LogP contribution in [0.3, 0.4) is 0 Å². The minimum atomic E-state index is -0.229. The van der Waals surface area contributed by atoms with Crippen LogP contribution in [0.15, 0.2) is 29.4 Å². The predicted molar refractivity (Wildman–Crippen MR) is 114 cm³/mol. The van der Waals surface area contributed by atoms with Gasteiger partial charge in [-0.25, -0.2) is 14.7 Å². The third-order valence-electron chi connectivity index (χ3n) is 5.09. The monoisotopic (exact) mass is 397 g/mol. The van der Waals surface area contributed by atoms with Crippen LogP contribution >= 0.6 is 0 Å². The maximum atomic E-state index is 11.3. The van der Waals surface area contributed by atoms with Crippen molar-refractivity contribution < 1.29 is 4.79 Å². The van der Waals surface area contributed by atoms with Gasteiger partial charge in [-0.05, 0) is 57.2 Å². The van der Waals surface area contributed by atoms with Crippen LogP contribution in [0, 0.1) is 19.8 Å². The molecule has 0 saturated carbocycles. The SMILES string of the molecule is CCNC(=NCc1ccc(-n2nc(C)cc2C)nc1)N1CCCC(CC(N)=O)C1. The zero-order valence-corrected chi connectivity index (χ0v) is 17.6. The first-order valence-corrected chi connectivity index (χ1v) is 10.3. The number of carbonyl (C=O) groups is 1. The van der Waals surface area contributed by atoms with E-state index in [1.165, 1.54) is 0 Å². The Morgan fingerprint density at radius 1 is 1.38 bits per heavy atom. The van der Waals surface area contributed by atoms with E-state index in [-0.39, 0.29) is 5.91 Å². The molecule has 1 aliphatic rings. The zero-order valence-electron chi connectivity index (χ0n) is 17.6. The van der Waals surface area contributed by atoms with E-state index in [1.807, 2.05) is 42.9 Å². The number of nitrogens with one attached hydrogen (secondary N) is 1. The van der Waals surface area contributed by atoms with Gasteiger partial charge in [0.15, 0.2) is 11.8 Å². The maximum absolute atomic E-state index is 11.3. The molecule has 8 heteroatoms. The maximum Gasteiger partial charge on any atom is 0.217 e. The highest BCUT2D eigenvalue weighted by Crippen LogP contribution is 2.19. The summed E-state index contributed by atoms with van der Waals surface area (Å²) >= 11 is 0. The van der Waals surface area contributed by atoms with E-state index in [0.717, 1.165) is 61.2 Å². The summed E-state index contributed by atoms with van der Waals surface area (Å²) in [5.74, 6) is 1.75. The lowest BCUT2D eigenvalue weighted by Gasteiger charge is -2.34. The molecule has 1 atom stereocenters. The molecular weight excluding hydrogens is 366 g/mol. The number of likely N-dealkylation sites (tertiary alicyclic amines) is 1. The second kappa shape index (κ2) is 9.54. The minimum Gasteiger partial charge on any atom is -0.370 e. The number of pyridine rings is 1. The Morgan fingerprint density at radius 3 is 2.83 bits per heavy atom. The molecule has 2 aromatic rings. The van der Waals surface area contributed by atoms with Crippen molar-refractivity contribution in [2.75, 3.05) is 19.6 Å². The topological polar surface area (TPSA) is 101 Å². The van der Waals surface area contributed by atoms with Gasteiger partial charge in [0.2, 0.25) is 5.91 Å². The molecule has 0 aliphatic carbocycles. The second-order valence-corrected chi connectivity index (χ2v) is 7.66. The van der Waals surface area contributed by atoms with E-state index >= 15 is 0 Å². The summed E-state index contributed by atoms with van der Waals surface area (Å²) in [5, 5.41) is 7.84. The number of carbonyl (C=O) groups excluding carboxylic acids is 1. The lowest BCUT2D eigenvalue weighted by atomic mass is 9.95. The number of aromatic nitrogens is 3. The summed E-state index contributed by atoms with van der Waals surface area (Å²) in [5.41, 5.74) is 8.46. The van der Waals surface area contributed by atoms with Gasteiger partial charge in [-0.2, -0.15) is 5.10 Å². The number of piperidine rings is 1. The Labute approximate surface area is 172 Å². The zero-order chi connectivity index (χ0) is 20.8. The molecule has 8 nitrogen and oxygen atoms in total. The Bertz CT molecular complexity index is 856. The fourth-order valence-corrected chi connectivity index (χ4v) is 3.80. The molecular formula is C21H31N7O. The highest BCUT2D eigenvalue weighted by atomic mass is 16.1. The number of primary amides is 1. The van der Waals surface area contributed by atoms with E-state index in [1.54, 1.807) is 0 Å². The quantitative estimate of drug-likeness (QED) is 0.573. The first-order chi connectivity index (χ1) is 14.0. The van der Waals surface area contributed by atoms with E-state index in [0.29, 0.717) is 18.9 Å². The fraction of sp³-hybridized carbons (Fsp3) is 0.524. The van der Waals surface area contributed by atoms with Crippen molar-refractivity contribution in [2.24, 2.45) is 16.6 Å². The first kappa shape index (κ1) is 20.8. The summed E-state index contributed by atoms with van der Waals surface area (Å²) in [6, 6.07) is 6.05. The third kappa shape index (κ3) is 5.56. The smallest absolute Gasteiger partial charge is 0.217 e. The average Bonchev–Trinajstić information content (AvgIpc) is 3.03. The van der Waals surface area contributed by atoms with Crippen molar-refractivity contribution in [1.29, 1.82) is 0 Å². The Kier molecular flexibility index (Phi) is 6.85. The number of nitrogens with zero attached hydrogens (tertiary/aromatic N) is 5. The average molecular weight is 398 g/mol. The van der Waals surface area contributed by atoms with Gasteiger partial charge >= 0.3 is 0 Å². The number of rotatable bonds is 6. The van der Waals surface area contributed by atoms with Crippen LogP contribution in [-0.2, 0) is 11.3 Å². The molecule has 156 valence electrons. The van der Waals surface area contributed by atoms with Crippen molar-refractivity contribution >= 4 is 11.9 Å². The lowest BCUT2D eigenvalue weighted by molar-refractivity contribution is -0.119. The van der Waals surface area contributed by atoms with E-state index < -0.39 is 0 Å². The summed E-state index contributed by atoms with van der Waals surface area (Å²) in [7, 11) is 0. The number of guanidine groups is 1. The van der Waals surface area contributed by atoms with Gasteiger partial charge in [-0.15, -0.1) is 0 Å². The van der Waals surface area contributed by atoms with Gasteiger partial charge in [0.25, 0.3) is 0 Å². The van der Waals surface area contributed by atoms with Gasteiger partial charge in [0.05, 0.1) is 12.2 Å². The Morgan fingerprint density at radius 2 is 2.21 bits per heavy atom. The molecule has 1 unspecified atom stereocenters. The number of amides is 1. The molecule has 2 aromatic heterocycles. The van der Waals surface area contributed by atoms with E-state index in [2.05, 4.69) is 27.2 Å². The summed E-state index contributed by atoms with van der Waals surface area (Å²) in [6.07, 6.45) is 4.37. The molecule has 1 fully saturated rings. The summed E-state index contributed by atoms with van der Waals surface area (Å²) in [6.45, 7) is 9.15. The minimum absolute atomic E-state index is 0.229. The summed E-state index contributed by atoms with van der Waals surface area (Å²) < 4.78 is 1.85. The fourth-order valence-electron chi connectivity index (χ4n) is 3.80. The van der Waals surface area contributed by atoms with Crippen molar-refractivity contribution in [1.82, 2.24) is 25.0 Å². The molecule has 29 heavy (non-hydrogen) atoms. The first-order valence-electron chi connectivity index (χ1n) is 10.3. The summed E-state index contributed by atoms with van der Waals surface area (Å²) in [4.78, 5) is 22.9. The molecule has 0 aromatic carbocycles. The number of nitrogens with two attached hydrogens (primary N) is 1.